The molecule has 194 valence electrons. The molecule has 1 saturated carbocycles. The summed E-state index contributed by atoms with van der Waals surface area (Å²) in [5.74, 6) is -2.53. The SMILES string of the molecule is CCN(CC)C1CC(C(=O)Nc2ccc(Cl)cc2)C(C(=O)Nc2ccc(-n3ccccc3=O)cc2F)C1. The maximum atomic E-state index is 15.0. The molecular formula is C28H30ClFN4O3. The first-order valence-corrected chi connectivity index (χ1v) is 12.8. The Hall–Kier alpha value is -3.49. The number of nitrogens with zero attached hydrogens (tertiary/aromatic N) is 2. The van der Waals surface area contributed by atoms with Crippen LogP contribution in [-0.4, -0.2) is 40.4 Å². The van der Waals surface area contributed by atoms with E-state index in [1.165, 1.54) is 22.8 Å². The Morgan fingerprint density at radius 2 is 1.62 bits per heavy atom. The predicted molar refractivity (Wildman–Crippen MR) is 144 cm³/mol. The van der Waals surface area contributed by atoms with Gasteiger partial charge >= 0.3 is 0 Å². The quantitative estimate of drug-likeness (QED) is 0.437. The molecule has 1 heterocycles. The molecule has 3 aromatic rings. The van der Waals surface area contributed by atoms with E-state index in [0.29, 0.717) is 29.2 Å². The monoisotopic (exact) mass is 524 g/mol. The average Bonchev–Trinajstić information content (AvgIpc) is 3.33. The van der Waals surface area contributed by atoms with Gasteiger partial charge in [-0.25, -0.2) is 4.39 Å². The van der Waals surface area contributed by atoms with Crippen LogP contribution >= 0.6 is 11.6 Å². The zero-order chi connectivity index (χ0) is 26.5. The molecule has 37 heavy (non-hydrogen) atoms. The van der Waals surface area contributed by atoms with Gasteiger partial charge in [-0.2, -0.15) is 0 Å². The van der Waals surface area contributed by atoms with Gasteiger partial charge in [-0.3, -0.25) is 19.0 Å². The number of hydrogen-bond donors (Lipinski definition) is 2. The Kier molecular flexibility index (Phi) is 8.41. The number of nitrogens with one attached hydrogen (secondary N) is 2. The molecule has 1 aliphatic carbocycles. The van der Waals surface area contributed by atoms with Gasteiger partial charge in [0.15, 0.2) is 0 Å². The van der Waals surface area contributed by atoms with E-state index in [1.54, 1.807) is 48.7 Å². The summed E-state index contributed by atoms with van der Waals surface area (Å²) in [6.45, 7) is 5.70. The van der Waals surface area contributed by atoms with Crippen molar-refractivity contribution in [1.82, 2.24) is 9.47 Å². The maximum absolute atomic E-state index is 15.0. The van der Waals surface area contributed by atoms with Crippen LogP contribution in [0, 0.1) is 17.7 Å². The summed E-state index contributed by atoms with van der Waals surface area (Å²) in [6, 6.07) is 15.7. The summed E-state index contributed by atoms with van der Waals surface area (Å²) in [5, 5.41) is 6.13. The van der Waals surface area contributed by atoms with Gasteiger partial charge in [-0.05, 0) is 68.4 Å². The predicted octanol–water partition coefficient (Wildman–Crippen LogP) is 4.94. The summed E-state index contributed by atoms with van der Waals surface area (Å²) in [5.41, 5.74) is 0.656. The second-order valence-corrected chi connectivity index (χ2v) is 9.55. The van der Waals surface area contributed by atoms with Crippen molar-refractivity contribution in [3.8, 4) is 5.69 Å². The third-order valence-electron chi connectivity index (χ3n) is 6.96. The number of pyridine rings is 1. The van der Waals surface area contributed by atoms with Gasteiger partial charge in [-0.1, -0.05) is 31.5 Å². The molecule has 3 atom stereocenters. The normalized spacial score (nSPS) is 19.1. The first-order valence-electron chi connectivity index (χ1n) is 12.4. The largest absolute Gasteiger partial charge is 0.326 e. The highest BCUT2D eigenvalue weighted by Gasteiger charge is 2.44. The number of carbonyl (C=O) groups excluding carboxylic acids is 2. The fourth-order valence-electron chi connectivity index (χ4n) is 5.02. The molecule has 2 N–H and O–H groups in total. The van der Waals surface area contributed by atoms with Gasteiger partial charge in [0.05, 0.1) is 23.2 Å². The van der Waals surface area contributed by atoms with Gasteiger partial charge in [0.2, 0.25) is 11.8 Å². The molecule has 0 aliphatic heterocycles. The zero-order valence-electron chi connectivity index (χ0n) is 20.8. The topological polar surface area (TPSA) is 83.4 Å². The van der Waals surface area contributed by atoms with Crippen molar-refractivity contribution in [3.63, 3.8) is 0 Å². The van der Waals surface area contributed by atoms with E-state index in [9.17, 15) is 18.8 Å². The molecule has 0 radical (unpaired) electrons. The van der Waals surface area contributed by atoms with Crippen LogP contribution in [0.1, 0.15) is 26.7 Å². The molecule has 0 spiro atoms. The molecule has 0 bridgehead atoms. The van der Waals surface area contributed by atoms with Crippen LogP contribution in [-0.2, 0) is 9.59 Å². The van der Waals surface area contributed by atoms with Crippen molar-refractivity contribution < 1.29 is 14.0 Å². The lowest BCUT2D eigenvalue weighted by Crippen LogP contribution is -2.33. The standard InChI is InChI=1S/C28H30ClFN4O3/c1-3-33(4-2)21-15-22(27(36)31-19-10-8-18(29)9-11-19)23(16-21)28(37)32-25-13-12-20(17-24(25)30)34-14-6-5-7-26(34)35/h5-14,17,21-23H,3-4,15-16H2,1-2H3,(H,31,36)(H,32,37). The molecule has 4 rings (SSSR count). The second kappa shape index (κ2) is 11.7. The van der Waals surface area contributed by atoms with Crippen molar-refractivity contribution >= 4 is 34.8 Å². The highest BCUT2D eigenvalue weighted by Crippen LogP contribution is 2.37. The molecule has 2 amide bonds. The number of aromatic nitrogens is 1. The van der Waals surface area contributed by atoms with Crippen molar-refractivity contribution in [3.05, 3.63) is 88.1 Å². The maximum Gasteiger partial charge on any atom is 0.255 e. The van der Waals surface area contributed by atoms with Crippen LogP contribution in [0.2, 0.25) is 5.02 Å². The van der Waals surface area contributed by atoms with Crippen LogP contribution in [0.15, 0.2) is 71.7 Å². The Labute approximate surface area is 220 Å². The van der Waals surface area contributed by atoms with Crippen LogP contribution in [0.25, 0.3) is 5.69 Å². The smallest absolute Gasteiger partial charge is 0.255 e. The highest BCUT2D eigenvalue weighted by molar-refractivity contribution is 6.30. The van der Waals surface area contributed by atoms with E-state index in [-0.39, 0.29) is 23.2 Å². The van der Waals surface area contributed by atoms with E-state index >= 15 is 0 Å². The average molecular weight is 525 g/mol. The summed E-state index contributed by atoms with van der Waals surface area (Å²) in [4.78, 5) is 41.0. The van der Waals surface area contributed by atoms with Crippen LogP contribution in [0.4, 0.5) is 15.8 Å². The Morgan fingerprint density at radius 1 is 0.973 bits per heavy atom. The third-order valence-corrected chi connectivity index (χ3v) is 7.21. The van der Waals surface area contributed by atoms with Crippen LogP contribution in [0.3, 0.4) is 0 Å². The summed E-state index contributed by atoms with van der Waals surface area (Å²) < 4.78 is 16.3. The molecule has 1 fully saturated rings. The molecular weight excluding hydrogens is 495 g/mol. The summed E-state index contributed by atoms with van der Waals surface area (Å²) in [7, 11) is 0. The Morgan fingerprint density at radius 3 is 2.22 bits per heavy atom. The van der Waals surface area contributed by atoms with E-state index in [0.717, 1.165) is 13.1 Å². The molecule has 7 nitrogen and oxygen atoms in total. The van der Waals surface area contributed by atoms with Crippen LogP contribution < -0.4 is 16.2 Å². The number of hydrogen-bond acceptors (Lipinski definition) is 4. The lowest BCUT2D eigenvalue weighted by atomic mass is 9.94. The van der Waals surface area contributed by atoms with Crippen LogP contribution in [0.5, 0.6) is 0 Å². The number of halogens is 2. The van der Waals surface area contributed by atoms with Crippen molar-refractivity contribution in [2.24, 2.45) is 11.8 Å². The van der Waals surface area contributed by atoms with Gasteiger partial charge in [-0.15, -0.1) is 0 Å². The lowest BCUT2D eigenvalue weighted by molar-refractivity contribution is -0.128. The minimum atomic E-state index is -0.665. The Bertz CT molecular complexity index is 1320. The number of benzene rings is 2. The number of rotatable bonds is 8. The molecule has 0 saturated heterocycles. The van der Waals surface area contributed by atoms with Gasteiger partial charge in [0.1, 0.15) is 5.82 Å². The molecule has 9 heteroatoms. The molecule has 3 unspecified atom stereocenters. The lowest BCUT2D eigenvalue weighted by Gasteiger charge is -2.26. The molecule has 2 aromatic carbocycles. The van der Waals surface area contributed by atoms with Crippen molar-refractivity contribution in [1.29, 1.82) is 0 Å². The number of anilines is 2. The van der Waals surface area contributed by atoms with Gasteiger partial charge in [0.25, 0.3) is 5.56 Å². The zero-order valence-corrected chi connectivity index (χ0v) is 21.5. The van der Waals surface area contributed by atoms with Gasteiger partial charge in [0, 0.05) is 35.1 Å². The van der Waals surface area contributed by atoms with E-state index in [2.05, 4.69) is 29.4 Å². The van der Waals surface area contributed by atoms with E-state index < -0.39 is 23.6 Å². The van der Waals surface area contributed by atoms with Crippen molar-refractivity contribution in [2.45, 2.75) is 32.7 Å². The summed E-state index contributed by atoms with van der Waals surface area (Å²) >= 11 is 5.95. The van der Waals surface area contributed by atoms with Crippen molar-refractivity contribution in [2.75, 3.05) is 23.7 Å². The molecule has 1 aromatic heterocycles. The molecule has 1 aliphatic rings. The minimum Gasteiger partial charge on any atom is -0.326 e. The highest BCUT2D eigenvalue weighted by atomic mass is 35.5. The van der Waals surface area contributed by atoms with E-state index in [1.807, 2.05) is 0 Å². The fraction of sp³-hybridized carbons (Fsp3) is 0.321. The first-order chi connectivity index (χ1) is 17.8. The Balaban J connectivity index is 1.54. The van der Waals surface area contributed by atoms with E-state index in [4.69, 9.17) is 11.6 Å². The summed E-state index contributed by atoms with van der Waals surface area (Å²) in [6.07, 6.45) is 2.56. The fourth-order valence-corrected chi connectivity index (χ4v) is 5.14. The van der Waals surface area contributed by atoms with Gasteiger partial charge < -0.3 is 15.5 Å². The number of carbonyl (C=O) groups is 2. The third kappa shape index (κ3) is 6.09. The number of amides is 2. The minimum absolute atomic E-state index is 0.000814. The second-order valence-electron chi connectivity index (χ2n) is 9.12. The first kappa shape index (κ1) is 26.6.